The molecule has 3 aromatic rings. The van der Waals surface area contributed by atoms with Gasteiger partial charge >= 0.3 is 5.97 Å². The molecule has 3 rings (SSSR count). The number of pyridine rings is 1. The summed E-state index contributed by atoms with van der Waals surface area (Å²) in [5.41, 5.74) is 2.37. The molecule has 132 valence electrons. The van der Waals surface area contributed by atoms with Crippen molar-refractivity contribution in [2.24, 2.45) is 0 Å². The van der Waals surface area contributed by atoms with E-state index in [9.17, 15) is 9.90 Å². The molecular formula is C21H19NO4. The molecule has 5 nitrogen and oxygen atoms in total. The fourth-order valence-electron chi connectivity index (χ4n) is 2.71. The molecule has 0 aliphatic heterocycles. The Labute approximate surface area is 151 Å². The molecule has 5 heteroatoms. The summed E-state index contributed by atoms with van der Waals surface area (Å²) in [6.07, 6.45) is 3.65. The van der Waals surface area contributed by atoms with E-state index in [-0.39, 0.29) is 5.56 Å². The predicted molar refractivity (Wildman–Crippen MR) is 102 cm³/mol. The quantitative estimate of drug-likeness (QED) is 0.709. The second-order valence-electron chi connectivity index (χ2n) is 5.59. The molecule has 0 spiro atoms. The number of benzene rings is 2. The number of carboxylic acid groups (broad SMARTS) is 1. The van der Waals surface area contributed by atoms with Crippen molar-refractivity contribution in [2.45, 2.75) is 6.92 Å². The van der Waals surface area contributed by atoms with Gasteiger partial charge in [-0.05, 0) is 42.8 Å². The zero-order valence-corrected chi connectivity index (χ0v) is 14.6. The summed E-state index contributed by atoms with van der Waals surface area (Å²) in [6.45, 7) is 2.45. The molecule has 0 aliphatic rings. The minimum Gasteiger partial charge on any atom is -0.493 e. The van der Waals surface area contributed by atoms with Crippen LogP contribution in [0.5, 0.6) is 11.5 Å². The zero-order chi connectivity index (χ0) is 18.5. The average molecular weight is 349 g/mol. The number of carboxylic acids is 1. The number of carbonyl (C=O) groups is 1. The lowest BCUT2D eigenvalue weighted by atomic mass is 10.1. The van der Waals surface area contributed by atoms with E-state index in [1.807, 2.05) is 37.3 Å². The summed E-state index contributed by atoms with van der Waals surface area (Å²) in [7, 11) is 1.60. The van der Waals surface area contributed by atoms with Crippen LogP contribution in [0.3, 0.4) is 0 Å². The monoisotopic (exact) mass is 349 g/mol. The lowest BCUT2D eigenvalue weighted by Gasteiger charge is -2.09. The van der Waals surface area contributed by atoms with Crippen LogP contribution in [-0.2, 0) is 0 Å². The van der Waals surface area contributed by atoms with Crippen LogP contribution in [-0.4, -0.2) is 29.8 Å². The van der Waals surface area contributed by atoms with Crippen molar-refractivity contribution in [3.63, 3.8) is 0 Å². The molecule has 1 heterocycles. The molecule has 0 radical (unpaired) electrons. The van der Waals surface area contributed by atoms with Crippen LogP contribution in [0.4, 0.5) is 0 Å². The van der Waals surface area contributed by atoms with E-state index in [1.165, 1.54) is 0 Å². The Kier molecular flexibility index (Phi) is 5.17. The summed E-state index contributed by atoms with van der Waals surface area (Å²) < 4.78 is 10.9. The number of hydrogen-bond acceptors (Lipinski definition) is 4. The average Bonchev–Trinajstić information content (AvgIpc) is 2.66. The number of ether oxygens (including phenoxy) is 2. The van der Waals surface area contributed by atoms with Gasteiger partial charge in [-0.2, -0.15) is 0 Å². The Morgan fingerprint density at radius 2 is 1.92 bits per heavy atom. The molecule has 0 aliphatic carbocycles. The summed E-state index contributed by atoms with van der Waals surface area (Å²) in [5.74, 6) is 0.358. The lowest BCUT2D eigenvalue weighted by Crippen LogP contribution is -2.00. The van der Waals surface area contributed by atoms with Crippen molar-refractivity contribution in [1.29, 1.82) is 0 Å². The first-order valence-corrected chi connectivity index (χ1v) is 8.24. The van der Waals surface area contributed by atoms with Crippen molar-refractivity contribution >= 4 is 29.0 Å². The van der Waals surface area contributed by atoms with Gasteiger partial charge in [0.15, 0.2) is 11.5 Å². The van der Waals surface area contributed by atoms with Gasteiger partial charge in [-0.3, -0.25) is 0 Å². The van der Waals surface area contributed by atoms with Gasteiger partial charge in [-0.1, -0.05) is 30.3 Å². The number of hydrogen-bond donors (Lipinski definition) is 1. The molecular weight excluding hydrogens is 330 g/mol. The van der Waals surface area contributed by atoms with Gasteiger partial charge < -0.3 is 14.6 Å². The highest BCUT2D eigenvalue weighted by Crippen LogP contribution is 2.29. The van der Waals surface area contributed by atoms with E-state index < -0.39 is 5.97 Å². The number of methoxy groups -OCH3 is 1. The van der Waals surface area contributed by atoms with Gasteiger partial charge in [0, 0.05) is 5.39 Å². The SMILES string of the molecule is CCOc1cc(/C=C/c2cc(C(=O)O)c3ccccc3n2)ccc1OC. The highest BCUT2D eigenvalue weighted by Gasteiger charge is 2.10. The van der Waals surface area contributed by atoms with Crippen LogP contribution in [0.15, 0.2) is 48.5 Å². The van der Waals surface area contributed by atoms with E-state index in [4.69, 9.17) is 9.47 Å². The standard InChI is InChI=1S/C21H19NO4/c1-3-26-20-12-14(9-11-19(20)25-2)8-10-15-13-17(21(23)24)16-6-4-5-7-18(16)22-15/h4-13H,3H2,1-2H3,(H,23,24)/b10-8+. The maximum atomic E-state index is 11.5. The number of aromatic carboxylic acids is 1. The van der Waals surface area contributed by atoms with Gasteiger partial charge in [0.2, 0.25) is 0 Å². The number of fused-ring (bicyclic) bond motifs is 1. The van der Waals surface area contributed by atoms with Gasteiger partial charge in [-0.25, -0.2) is 9.78 Å². The molecule has 0 bridgehead atoms. The zero-order valence-electron chi connectivity index (χ0n) is 14.6. The molecule has 1 aromatic heterocycles. The van der Waals surface area contributed by atoms with Gasteiger partial charge in [0.25, 0.3) is 0 Å². The Hall–Kier alpha value is -3.34. The third-order valence-electron chi connectivity index (χ3n) is 3.90. The summed E-state index contributed by atoms with van der Waals surface area (Å²) in [4.78, 5) is 16.1. The first kappa shape index (κ1) is 17.5. The molecule has 0 saturated carbocycles. The van der Waals surface area contributed by atoms with Crippen molar-refractivity contribution in [2.75, 3.05) is 13.7 Å². The molecule has 26 heavy (non-hydrogen) atoms. The number of nitrogens with zero attached hydrogens (tertiary/aromatic N) is 1. The topological polar surface area (TPSA) is 68.7 Å². The number of aromatic nitrogens is 1. The first-order chi connectivity index (χ1) is 12.6. The predicted octanol–water partition coefficient (Wildman–Crippen LogP) is 4.51. The Morgan fingerprint density at radius 1 is 1.12 bits per heavy atom. The van der Waals surface area contributed by atoms with E-state index >= 15 is 0 Å². The first-order valence-electron chi connectivity index (χ1n) is 8.24. The summed E-state index contributed by atoms with van der Waals surface area (Å²) in [6, 6.07) is 14.4. The smallest absolute Gasteiger partial charge is 0.336 e. The number of rotatable bonds is 6. The fraction of sp³-hybridized carbons (Fsp3) is 0.143. The number of para-hydroxylation sites is 1. The molecule has 0 saturated heterocycles. The minimum atomic E-state index is -0.971. The van der Waals surface area contributed by atoms with Gasteiger partial charge in [-0.15, -0.1) is 0 Å². The lowest BCUT2D eigenvalue weighted by molar-refractivity contribution is 0.0699. The van der Waals surface area contributed by atoms with Crippen molar-refractivity contribution in [3.05, 3.63) is 65.4 Å². The third kappa shape index (κ3) is 3.67. The third-order valence-corrected chi connectivity index (χ3v) is 3.90. The molecule has 0 unspecified atom stereocenters. The van der Waals surface area contributed by atoms with E-state index in [2.05, 4.69) is 4.98 Å². The van der Waals surface area contributed by atoms with Crippen LogP contribution >= 0.6 is 0 Å². The highest BCUT2D eigenvalue weighted by atomic mass is 16.5. The second kappa shape index (κ2) is 7.70. The van der Waals surface area contributed by atoms with Crippen LogP contribution < -0.4 is 9.47 Å². The van der Waals surface area contributed by atoms with Crippen molar-refractivity contribution in [3.8, 4) is 11.5 Å². The molecule has 0 amide bonds. The summed E-state index contributed by atoms with van der Waals surface area (Å²) >= 11 is 0. The molecule has 1 N–H and O–H groups in total. The minimum absolute atomic E-state index is 0.236. The van der Waals surface area contributed by atoms with Crippen molar-refractivity contribution in [1.82, 2.24) is 4.98 Å². The van der Waals surface area contributed by atoms with Gasteiger partial charge in [0.05, 0.1) is 30.5 Å². The van der Waals surface area contributed by atoms with Crippen LogP contribution in [0, 0.1) is 0 Å². The van der Waals surface area contributed by atoms with Gasteiger partial charge in [0.1, 0.15) is 0 Å². The molecule has 0 fully saturated rings. The van der Waals surface area contributed by atoms with Crippen molar-refractivity contribution < 1.29 is 19.4 Å². The van der Waals surface area contributed by atoms with Crippen LogP contribution in [0.25, 0.3) is 23.1 Å². The largest absolute Gasteiger partial charge is 0.493 e. The highest BCUT2D eigenvalue weighted by molar-refractivity contribution is 6.03. The Balaban J connectivity index is 1.98. The summed E-state index contributed by atoms with van der Waals surface area (Å²) in [5, 5.41) is 10.1. The maximum absolute atomic E-state index is 11.5. The second-order valence-corrected chi connectivity index (χ2v) is 5.59. The van der Waals surface area contributed by atoms with E-state index in [0.29, 0.717) is 34.7 Å². The fourth-order valence-corrected chi connectivity index (χ4v) is 2.71. The van der Waals surface area contributed by atoms with E-state index in [0.717, 1.165) is 5.56 Å². The molecule has 0 atom stereocenters. The van der Waals surface area contributed by atoms with Crippen LogP contribution in [0.1, 0.15) is 28.5 Å². The van der Waals surface area contributed by atoms with E-state index in [1.54, 1.807) is 37.5 Å². The molecule has 2 aromatic carbocycles. The Bertz CT molecular complexity index is 979. The maximum Gasteiger partial charge on any atom is 0.336 e. The normalized spacial score (nSPS) is 11.0. The van der Waals surface area contributed by atoms with Crippen LogP contribution in [0.2, 0.25) is 0 Å². The Morgan fingerprint density at radius 3 is 2.65 bits per heavy atom.